The first-order valence-electron chi connectivity index (χ1n) is 13.1. The molecule has 1 aliphatic rings. The van der Waals surface area contributed by atoms with Gasteiger partial charge >= 0.3 is 0 Å². The molecule has 0 spiro atoms. The average Bonchev–Trinajstić information content (AvgIpc) is 2.87. The van der Waals surface area contributed by atoms with Gasteiger partial charge in [0, 0.05) is 24.7 Å². The van der Waals surface area contributed by atoms with Crippen molar-refractivity contribution in [3.8, 4) is 5.75 Å². The van der Waals surface area contributed by atoms with Gasteiger partial charge in [0.2, 0.25) is 0 Å². The van der Waals surface area contributed by atoms with E-state index < -0.39 is 35.3 Å². The van der Waals surface area contributed by atoms with E-state index in [0.29, 0.717) is 23.4 Å². The highest BCUT2D eigenvalue weighted by Gasteiger charge is 2.33. The predicted molar refractivity (Wildman–Crippen MR) is 145 cm³/mol. The van der Waals surface area contributed by atoms with Crippen LogP contribution in [0, 0.1) is 11.6 Å². The monoisotopic (exact) mass is 536 g/mol. The summed E-state index contributed by atoms with van der Waals surface area (Å²) in [5.41, 5.74) is 2.46. The summed E-state index contributed by atoms with van der Waals surface area (Å²) in [6.07, 6.45) is 0.0191. The molecule has 1 amide bonds. The highest BCUT2D eigenvalue weighted by molar-refractivity contribution is 6.03. The Hall–Kier alpha value is -3.62. The summed E-state index contributed by atoms with van der Waals surface area (Å²) in [4.78, 5) is 25.9. The zero-order valence-electron chi connectivity index (χ0n) is 22.4. The van der Waals surface area contributed by atoms with Crippen molar-refractivity contribution < 1.29 is 28.2 Å². The number of hydrogen-bond acceptors (Lipinski definition) is 5. The number of aliphatic hydroxyl groups is 1. The van der Waals surface area contributed by atoms with Crippen LogP contribution >= 0.6 is 0 Å². The molecule has 2 atom stereocenters. The van der Waals surface area contributed by atoms with E-state index >= 15 is 0 Å². The minimum Gasteiger partial charge on any atom is -0.487 e. The van der Waals surface area contributed by atoms with E-state index in [1.165, 1.54) is 23.8 Å². The van der Waals surface area contributed by atoms with Crippen molar-refractivity contribution in [1.29, 1.82) is 0 Å². The molecule has 3 N–H and O–H groups in total. The SMILES string of the molecule is CCc1cccc(CNCC(O)C(Cc2cc(F)cc(F)c2)NC(=O)c2ccc3c(c2)C(=O)CC(C)(C)O3)c1. The number of aliphatic hydroxyl groups excluding tert-OH is 1. The Morgan fingerprint density at radius 3 is 2.46 bits per heavy atom. The number of amides is 1. The lowest BCUT2D eigenvalue weighted by molar-refractivity contribution is 0.0620. The standard InChI is InChI=1S/C31H34F2N2O4/c1-4-19-6-5-7-20(10-19)17-34-18-28(37)26(13-21-11-23(32)15-24(33)12-21)35-30(38)22-8-9-29-25(14-22)27(36)16-31(2,3)39-29/h5-12,14-15,26,28,34,37H,4,13,16-18H2,1-3H3,(H,35,38). The summed E-state index contributed by atoms with van der Waals surface area (Å²) in [7, 11) is 0. The first kappa shape index (κ1) is 28.4. The van der Waals surface area contributed by atoms with Gasteiger partial charge in [-0.05, 0) is 73.7 Å². The van der Waals surface area contributed by atoms with E-state index in [1.807, 2.05) is 32.0 Å². The highest BCUT2D eigenvalue weighted by Crippen LogP contribution is 2.33. The summed E-state index contributed by atoms with van der Waals surface area (Å²) in [6.45, 7) is 6.35. The Labute approximate surface area is 227 Å². The molecule has 1 aliphatic heterocycles. The van der Waals surface area contributed by atoms with Crippen molar-refractivity contribution >= 4 is 11.7 Å². The highest BCUT2D eigenvalue weighted by atomic mass is 19.1. The second-order valence-electron chi connectivity index (χ2n) is 10.6. The summed E-state index contributed by atoms with van der Waals surface area (Å²) >= 11 is 0. The van der Waals surface area contributed by atoms with E-state index in [1.54, 1.807) is 12.1 Å². The number of carbonyl (C=O) groups is 2. The number of rotatable bonds is 10. The Morgan fingerprint density at radius 1 is 1.03 bits per heavy atom. The van der Waals surface area contributed by atoms with Crippen LogP contribution in [-0.4, -0.2) is 41.1 Å². The average molecular weight is 537 g/mol. The molecule has 0 saturated heterocycles. The first-order valence-corrected chi connectivity index (χ1v) is 13.1. The van der Waals surface area contributed by atoms with Gasteiger partial charge in [-0.1, -0.05) is 31.2 Å². The molecule has 0 bridgehead atoms. The lowest BCUT2D eigenvalue weighted by atomic mass is 9.92. The minimum atomic E-state index is -1.07. The maximum Gasteiger partial charge on any atom is 0.251 e. The fraction of sp³-hybridized carbons (Fsp3) is 0.355. The molecule has 1 heterocycles. The quantitative estimate of drug-likeness (QED) is 0.348. The van der Waals surface area contributed by atoms with Crippen LogP contribution in [-0.2, 0) is 19.4 Å². The van der Waals surface area contributed by atoms with Crippen molar-refractivity contribution in [1.82, 2.24) is 10.6 Å². The van der Waals surface area contributed by atoms with E-state index in [2.05, 4.69) is 23.6 Å². The van der Waals surface area contributed by atoms with Gasteiger partial charge in [0.15, 0.2) is 5.78 Å². The third-order valence-corrected chi connectivity index (χ3v) is 6.76. The van der Waals surface area contributed by atoms with Gasteiger partial charge in [0.25, 0.3) is 5.91 Å². The number of ketones is 1. The lowest BCUT2D eigenvalue weighted by Crippen LogP contribution is -2.48. The number of ether oxygens (including phenoxy) is 1. The smallest absolute Gasteiger partial charge is 0.251 e. The van der Waals surface area contributed by atoms with Crippen molar-refractivity contribution in [3.63, 3.8) is 0 Å². The molecular formula is C31H34F2N2O4. The summed E-state index contributed by atoms with van der Waals surface area (Å²) in [5.74, 6) is -1.72. The third-order valence-electron chi connectivity index (χ3n) is 6.76. The van der Waals surface area contributed by atoms with Crippen LogP contribution in [0.1, 0.15) is 64.6 Å². The first-order chi connectivity index (χ1) is 18.5. The topological polar surface area (TPSA) is 87.7 Å². The Kier molecular flexibility index (Phi) is 8.77. The molecule has 0 aliphatic carbocycles. The van der Waals surface area contributed by atoms with Gasteiger partial charge < -0.3 is 20.5 Å². The van der Waals surface area contributed by atoms with Crippen molar-refractivity contribution in [2.45, 2.75) is 64.3 Å². The molecule has 0 radical (unpaired) electrons. The molecule has 0 aromatic heterocycles. The zero-order chi connectivity index (χ0) is 28.2. The molecule has 206 valence electrons. The lowest BCUT2D eigenvalue weighted by Gasteiger charge is -2.31. The Morgan fingerprint density at radius 2 is 1.74 bits per heavy atom. The number of fused-ring (bicyclic) bond motifs is 1. The number of aryl methyl sites for hydroxylation is 1. The van der Waals surface area contributed by atoms with Crippen LogP contribution < -0.4 is 15.4 Å². The molecule has 0 saturated carbocycles. The van der Waals surface area contributed by atoms with Crippen LogP contribution in [0.4, 0.5) is 8.78 Å². The Balaban J connectivity index is 1.50. The summed E-state index contributed by atoms with van der Waals surface area (Å²) in [5, 5.41) is 17.0. The van der Waals surface area contributed by atoms with Crippen molar-refractivity contribution in [2.24, 2.45) is 0 Å². The van der Waals surface area contributed by atoms with Crippen molar-refractivity contribution in [3.05, 3.63) is 100 Å². The van der Waals surface area contributed by atoms with Gasteiger partial charge in [-0.2, -0.15) is 0 Å². The van der Waals surface area contributed by atoms with Crippen LogP contribution in [0.2, 0.25) is 0 Å². The molecule has 0 fully saturated rings. The van der Waals surface area contributed by atoms with Crippen LogP contribution in [0.3, 0.4) is 0 Å². The maximum atomic E-state index is 13.9. The number of hydrogen-bond donors (Lipinski definition) is 3. The van der Waals surface area contributed by atoms with Gasteiger partial charge in [-0.15, -0.1) is 0 Å². The molecule has 8 heteroatoms. The van der Waals surface area contributed by atoms with Crippen molar-refractivity contribution in [2.75, 3.05) is 6.54 Å². The van der Waals surface area contributed by atoms with Gasteiger partial charge in [0.1, 0.15) is 23.0 Å². The Bertz CT molecular complexity index is 1340. The van der Waals surface area contributed by atoms with Crippen LogP contribution in [0.25, 0.3) is 0 Å². The maximum absolute atomic E-state index is 13.9. The zero-order valence-corrected chi connectivity index (χ0v) is 22.4. The van der Waals surface area contributed by atoms with E-state index in [0.717, 1.165) is 18.1 Å². The second kappa shape index (κ2) is 12.1. The molecule has 3 aromatic rings. The second-order valence-corrected chi connectivity index (χ2v) is 10.6. The largest absolute Gasteiger partial charge is 0.487 e. The van der Waals surface area contributed by atoms with E-state index in [9.17, 15) is 23.5 Å². The fourth-order valence-corrected chi connectivity index (χ4v) is 4.78. The van der Waals surface area contributed by atoms with Gasteiger partial charge in [-0.25, -0.2) is 8.78 Å². The van der Waals surface area contributed by atoms with E-state index in [4.69, 9.17) is 4.74 Å². The number of Topliss-reactive ketones (excluding diaryl/α,β-unsaturated/α-hetero) is 1. The van der Waals surface area contributed by atoms with Crippen LogP contribution in [0.5, 0.6) is 5.75 Å². The number of nitrogens with one attached hydrogen (secondary N) is 2. The van der Waals surface area contributed by atoms with Gasteiger partial charge in [0.05, 0.1) is 24.1 Å². The molecule has 2 unspecified atom stereocenters. The molecule has 39 heavy (non-hydrogen) atoms. The van der Waals surface area contributed by atoms with Gasteiger partial charge in [-0.3, -0.25) is 9.59 Å². The number of benzene rings is 3. The fourth-order valence-electron chi connectivity index (χ4n) is 4.78. The molecule has 6 nitrogen and oxygen atoms in total. The molecule has 4 rings (SSSR count). The minimum absolute atomic E-state index is 0.00421. The summed E-state index contributed by atoms with van der Waals surface area (Å²) in [6, 6.07) is 15.0. The number of halogens is 2. The van der Waals surface area contributed by atoms with E-state index in [-0.39, 0.29) is 30.7 Å². The molecule has 3 aromatic carbocycles. The normalized spacial score (nSPS) is 15.7. The predicted octanol–water partition coefficient (Wildman–Crippen LogP) is 4.76. The number of carbonyl (C=O) groups excluding carboxylic acids is 2. The molecular weight excluding hydrogens is 502 g/mol. The third kappa shape index (κ3) is 7.49. The van der Waals surface area contributed by atoms with Crippen LogP contribution in [0.15, 0.2) is 60.7 Å². The summed E-state index contributed by atoms with van der Waals surface area (Å²) < 4.78 is 33.6.